The Hall–Kier alpha value is -3.03. The largest absolute Gasteiger partial charge is 0.481 e. The second kappa shape index (κ2) is 8.77. The van der Waals surface area contributed by atoms with E-state index >= 15 is 0 Å². The standard InChI is InChI=1S/C20H25N3O5/c1-5-15-18(20(25)26)17(13-7-9-14(10-8-13)23(27)28)19(16(6-2)21-15)22(11-24)12(3)4/h7-12,17-18H,5-6H2,1-4H3,(H,25,26). The summed E-state index contributed by atoms with van der Waals surface area (Å²) in [6, 6.07) is 5.65. The van der Waals surface area contributed by atoms with Gasteiger partial charge in [0.2, 0.25) is 6.41 Å². The molecule has 0 fully saturated rings. The number of carboxylic acids is 1. The molecule has 1 aromatic rings. The van der Waals surface area contributed by atoms with Crippen molar-refractivity contribution in [3.05, 3.63) is 51.3 Å². The molecule has 1 amide bonds. The van der Waals surface area contributed by atoms with Crippen LogP contribution in [0.2, 0.25) is 0 Å². The van der Waals surface area contributed by atoms with E-state index in [2.05, 4.69) is 4.99 Å². The Balaban J connectivity index is 2.76. The Labute approximate surface area is 163 Å². The average Bonchev–Trinajstić information content (AvgIpc) is 2.67. The van der Waals surface area contributed by atoms with Crippen LogP contribution in [0, 0.1) is 16.0 Å². The van der Waals surface area contributed by atoms with Crippen molar-refractivity contribution in [1.29, 1.82) is 0 Å². The van der Waals surface area contributed by atoms with Crippen LogP contribution >= 0.6 is 0 Å². The van der Waals surface area contributed by atoms with Crippen molar-refractivity contribution in [3.8, 4) is 0 Å². The van der Waals surface area contributed by atoms with Crippen molar-refractivity contribution in [3.63, 3.8) is 0 Å². The van der Waals surface area contributed by atoms with Crippen molar-refractivity contribution >= 4 is 23.8 Å². The zero-order chi connectivity index (χ0) is 21.0. The van der Waals surface area contributed by atoms with E-state index in [0.29, 0.717) is 41.9 Å². The molecule has 0 aromatic heterocycles. The fourth-order valence-electron chi connectivity index (χ4n) is 3.59. The maximum absolute atomic E-state index is 12.2. The molecule has 1 heterocycles. The summed E-state index contributed by atoms with van der Waals surface area (Å²) >= 11 is 0. The Morgan fingerprint density at radius 1 is 1.29 bits per heavy atom. The van der Waals surface area contributed by atoms with Gasteiger partial charge in [-0.1, -0.05) is 26.0 Å². The first-order valence-corrected chi connectivity index (χ1v) is 9.27. The molecule has 150 valence electrons. The molecule has 0 bridgehead atoms. The van der Waals surface area contributed by atoms with Crippen molar-refractivity contribution in [1.82, 2.24) is 4.90 Å². The molecule has 28 heavy (non-hydrogen) atoms. The van der Waals surface area contributed by atoms with Gasteiger partial charge in [0.05, 0.1) is 16.3 Å². The van der Waals surface area contributed by atoms with E-state index < -0.39 is 22.7 Å². The van der Waals surface area contributed by atoms with E-state index in [0.717, 1.165) is 0 Å². The Morgan fingerprint density at radius 3 is 2.29 bits per heavy atom. The SMILES string of the molecule is CCC1=NC(CC)=C(N(C=O)C(C)C)C(c2ccc([N+](=O)[O-])cc2)C1C(=O)O. The second-order valence-electron chi connectivity index (χ2n) is 6.89. The number of carbonyl (C=O) groups excluding carboxylic acids is 1. The van der Waals surface area contributed by atoms with Crippen LogP contribution in [0.3, 0.4) is 0 Å². The van der Waals surface area contributed by atoms with Crippen LogP contribution in [0.4, 0.5) is 5.69 Å². The van der Waals surface area contributed by atoms with Gasteiger partial charge in [-0.25, -0.2) is 0 Å². The van der Waals surface area contributed by atoms with E-state index in [4.69, 9.17) is 0 Å². The Morgan fingerprint density at radius 2 is 1.89 bits per heavy atom. The maximum Gasteiger partial charge on any atom is 0.313 e. The van der Waals surface area contributed by atoms with Gasteiger partial charge in [-0.2, -0.15) is 0 Å². The minimum Gasteiger partial charge on any atom is -0.481 e. The summed E-state index contributed by atoms with van der Waals surface area (Å²) in [6.07, 6.45) is 1.69. The summed E-state index contributed by atoms with van der Waals surface area (Å²) < 4.78 is 0. The van der Waals surface area contributed by atoms with Gasteiger partial charge in [0.1, 0.15) is 5.92 Å². The number of carbonyl (C=O) groups is 2. The van der Waals surface area contributed by atoms with Gasteiger partial charge in [0, 0.05) is 29.8 Å². The number of allylic oxidation sites excluding steroid dienone is 2. The van der Waals surface area contributed by atoms with Crippen molar-refractivity contribution in [2.24, 2.45) is 10.9 Å². The summed E-state index contributed by atoms with van der Waals surface area (Å²) in [5.41, 5.74) is 2.27. The number of benzene rings is 1. The Kier molecular flexibility index (Phi) is 6.66. The molecule has 0 saturated heterocycles. The molecule has 1 N–H and O–H groups in total. The van der Waals surface area contributed by atoms with E-state index in [9.17, 15) is 24.8 Å². The number of nitro benzene ring substituents is 1. The highest BCUT2D eigenvalue weighted by Crippen LogP contribution is 2.42. The number of carboxylic acid groups (broad SMARTS) is 1. The number of aliphatic carboxylic acids is 1. The van der Waals surface area contributed by atoms with Crippen molar-refractivity contribution in [2.45, 2.75) is 52.5 Å². The van der Waals surface area contributed by atoms with E-state index in [1.54, 1.807) is 12.1 Å². The quantitative estimate of drug-likeness (QED) is 0.415. The molecule has 0 saturated carbocycles. The minimum absolute atomic E-state index is 0.0758. The predicted molar refractivity (Wildman–Crippen MR) is 105 cm³/mol. The third-order valence-corrected chi connectivity index (χ3v) is 4.94. The number of amides is 1. The van der Waals surface area contributed by atoms with Gasteiger partial charge in [0.15, 0.2) is 0 Å². The number of rotatable bonds is 8. The first kappa shape index (κ1) is 21.3. The lowest BCUT2D eigenvalue weighted by Gasteiger charge is -2.38. The van der Waals surface area contributed by atoms with E-state index in [1.165, 1.54) is 17.0 Å². The maximum atomic E-state index is 12.2. The lowest BCUT2D eigenvalue weighted by Crippen LogP contribution is -2.41. The number of nitrogens with zero attached hydrogens (tertiary/aromatic N) is 3. The topological polar surface area (TPSA) is 113 Å². The van der Waals surface area contributed by atoms with Crippen molar-refractivity contribution in [2.75, 3.05) is 0 Å². The number of nitro groups is 1. The molecule has 2 atom stereocenters. The molecular formula is C20H25N3O5. The highest BCUT2D eigenvalue weighted by atomic mass is 16.6. The zero-order valence-corrected chi connectivity index (χ0v) is 16.5. The second-order valence-corrected chi connectivity index (χ2v) is 6.89. The van der Waals surface area contributed by atoms with Gasteiger partial charge < -0.3 is 10.0 Å². The highest BCUT2D eigenvalue weighted by molar-refractivity contribution is 6.04. The summed E-state index contributed by atoms with van der Waals surface area (Å²) in [6.45, 7) is 7.44. The van der Waals surface area contributed by atoms with E-state index in [-0.39, 0.29) is 11.7 Å². The third kappa shape index (κ3) is 3.95. The van der Waals surface area contributed by atoms with Crippen LogP contribution in [-0.2, 0) is 9.59 Å². The summed E-state index contributed by atoms with van der Waals surface area (Å²) in [7, 11) is 0. The van der Waals surface area contributed by atoms with Crippen LogP contribution < -0.4 is 0 Å². The fourth-order valence-corrected chi connectivity index (χ4v) is 3.59. The molecular weight excluding hydrogens is 362 g/mol. The summed E-state index contributed by atoms with van der Waals surface area (Å²) in [5.74, 6) is -2.64. The molecule has 1 aliphatic rings. The molecule has 1 aromatic carbocycles. The van der Waals surface area contributed by atoms with Crippen LogP contribution in [-0.4, -0.2) is 39.1 Å². The van der Waals surface area contributed by atoms with Gasteiger partial charge in [-0.15, -0.1) is 0 Å². The van der Waals surface area contributed by atoms with Crippen LogP contribution in [0.1, 0.15) is 52.0 Å². The highest BCUT2D eigenvalue weighted by Gasteiger charge is 2.42. The molecule has 2 unspecified atom stereocenters. The van der Waals surface area contributed by atoms with E-state index in [1.807, 2.05) is 27.7 Å². The molecule has 8 heteroatoms. The lowest BCUT2D eigenvalue weighted by atomic mass is 9.76. The van der Waals surface area contributed by atoms with Crippen LogP contribution in [0.25, 0.3) is 0 Å². The van der Waals surface area contributed by atoms with Gasteiger partial charge in [0.25, 0.3) is 5.69 Å². The molecule has 0 radical (unpaired) electrons. The lowest BCUT2D eigenvalue weighted by molar-refractivity contribution is -0.384. The zero-order valence-electron chi connectivity index (χ0n) is 16.5. The number of aliphatic imine (C=N–C) groups is 1. The van der Waals surface area contributed by atoms with Gasteiger partial charge in [-0.05, 0) is 32.3 Å². The first-order valence-electron chi connectivity index (χ1n) is 9.27. The molecule has 0 spiro atoms. The molecule has 2 rings (SSSR count). The van der Waals surface area contributed by atoms with Crippen molar-refractivity contribution < 1.29 is 19.6 Å². The summed E-state index contributed by atoms with van der Waals surface area (Å²) in [5, 5.41) is 21.0. The first-order chi connectivity index (χ1) is 13.3. The monoisotopic (exact) mass is 387 g/mol. The van der Waals surface area contributed by atoms with Gasteiger partial charge in [-0.3, -0.25) is 24.7 Å². The van der Waals surface area contributed by atoms with Gasteiger partial charge >= 0.3 is 5.97 Å². The molecule has 0 aliphatic carbocycles. The van der Waals surface area contributed by atoms with Crippen LogP contribution in [0.15, 0.2) is 40.7 Å². The molecule has 1 aliphatic heterocycles. The number of hydrogen-bond donors (Lipinski definition) is 1. The smallest absolute Gasteiger partial charge is 0.313 e. The third-order valence-electron chi connectivity index (χ3n) is 4.94. The molecule has 8 nitrogen and oxygen atoms in total. The normalized spacial score (nSPS) is 19.4. The Bertz CT molecular complexity index is 827. The number of non-ortho nitro benzene ring substituents is 1. The average molecular weight is 387 g/mol. The predicted octanol–water partition coefficient (Wildman–Crippen LogP) is 3.73. The fraction of sp³-hybridized carbons (Fsp3) is 0.450. The number of hydrogen-bond acceptors (Lipinski definition) is 5. The van der Waals surface area contributed by atoms with Crippen LogP contribution in [0.5, 0.6) is 0 Å². The minimum atomic E-state index is -1.04. The summed E-state index contributed by atoms with van der Waals surface area (Å²) in [4.78, 5) is 40.6.